The van der Waals surface area contributed by atoms with E-state index in [1.165, 1.54) is 0 Å². The van der Waals surface area contributed by atoms with Crippen molar-refractivity contribution in [2.75, 3.05) is 0 Å². The quantitative estimate of drug-likeness (QED) is 0.604. The minimum Gasteiger partial charge on any atom is -0.471 e. The van der Waals surface area contributed by atoms with Crippen LogP contribution in [0.5, 0.6) is 0 Å². The Bertz CT molecular complexity index is 749. The predicted octanol–water partition coefficient (Wildman–Crippen LogP) is 4.50. The summed E-state index contributed by atoms with van der Waals surface area (Å²) in [5.41, 5.74) is 0.779. The number of ether oxygens (including phenoxy) is 1. The van der Waals surface area contributed by atoms with Crippen LogP contribution in [0, 0.1) is 6.92 Å². The minimum atomic E-state index is 0.652. The monoisotopic (exact) mass is 317 g/mol. The van der Waals surface area contributed by atoms with Crippen LogP contribution in [0.1, 0.15) is 5.82 Å². The highest BCUT2D eigenvalue weighted by atomic mass is 35.5. The second-order valence-electron chi connectivity index (χ2n) is 4.27. The van der Waals surface area contributed by atoms with Crippen LogP contribution >= 0.6 is 23.4 Å². The topological polar surface area (TPSA) is 39.4 Å². The molecule has 1 aromatic heterocycles. The summed E-state index contributed by atoms with van der Waals surface area (Å²) >= 11 is 7.57. The molecule has 1 aromatic carbocycles. The summed E-state index contributed by atoms with van der Waals surface area (Å²) in [7, 11) is 0. The Morgan fingerprint density at radius 2 is 2.33 bits per heavy atom. The summed E-state index contributed by atoms with van der Waals surface area (Å²) in [6, 6.07) is 7.42. The fourth-order valence-corrected chi connectivity index (χ4v) is 2.68. The SMILES string of the molecule is Cc1nccn1C(=Nc1cccc(Cl)c1)C1=COC=CS1. The number of rotatable bonds is 2. The standard InChI is InChI=1S/C15H12ClN3OS/c1-11-17-5-6-19(11)15(14-10-20-7-8-21-14)18-13-4-2-3-12(16)9-13/h2-10H,1H3. The van der Waals surface area contributed by atoms with Crippen molar-refractivity contribution in [3.63, 3.8) is 0 Å². The molecule has 2 aromatic rings. The summed E-state index contributed by atoms with van der Waals surface area (Å²) < 4.78 is 7.18. The molecule has 0 fully saturated rings. The molecular formula is C15H12ClN3OS. The Balaban J connectivity index is 2.08. The molecule has 0 saturated heterocycles. The summed E-state index contributed by atoms with van der Waals surface area (Å²) in [6.45, 7) is 1.93. The molecule has 0 atom stereocenters. The lowest BCUT2D eigenvalue weighted by Crippen LogP contribution is -2.14. The molecule has 0 N–H and O–H groups in total. The first-order valence-corrected chi connectivity index (χ1v) is 7.52. The van der Waals surface area contributed by atoms with Gasteiger partial charge in [-0.15, -0.1) is 0 Å². The summed E-state index contributed by atoms with van der Waals surface area (Å²) in [4.78, 5) is 9.85. The maximum atomic E-state index is 6.03. The molecule has 0 amide bonds. The third-order valence-electron chi connectivity index (χ3n) is 2.82. The van der Waals surface area contributed by atoms with E-state index >= 15 is 0 Å². The second kappa shape index (κ2) is 6.20. The molecule has 0 aliphatic carbocycles. The van der Waals surface area contributed by atoms with Crippen molar-refractivity contribution in [2.45, 2.75) is 6.92 Å². The maximum Gasteiger partial charge on any atom is 0.155 e. The molecule has 4 nitrogen and oxygen atoms in total. The smallest absolute Gasteiger partial charge is 0.155 e. The second-order valence-corrected chi connectivity index (χ2v) is 5.65. The number of imidazole rings is 1. The zero-order chi connectivity index (χ0) is 14.7. The normalized spacial score (nSPS) is 14.8. The van der Waals surface area contributed by atoms with Gasteiger partial charge in [-0.1, -0.05) is 29.4 Å². The maximum absolute atomic E-state index is 6.03. The van der Waals surface area contributed by atoms with E-state index in [4.69, 9.17) is 21.3 Å². The molecule has 1 aliphatic heterocycles. The molecule has 106 valence electrons. The average molecular weight is 318 g/mol. The van der Waals surface area contributed by atoms with Gasteiger partial charge in [0.2, 0.25) is 0 Å². The summed E-state index contributed by atoms with van der Waals surface area (Å²) in [6.07, 6.45) is 6.92. The number of hydrogen-bond donors (Lipinski definition) is 0. The Morgan fingerprint density at radius 3 is 3.00 bits per heavy atom. The van der Waals surface area contributed by atoms with Gasteiger partial charge in [0.25, 0.3) is 0 Å². The Kier molecular flexibility index (Phi) is 4.13. The first kappa shape index (κ1) is 14.0. The molecule has 2 heterocycles. The van der Waals surface area contributed by atoms with Crippen LogP contribution < -0.4 is 0 Å². The molecule has 0 unspecified atom stereocenters. The molecule has 6 heteroatoms. The third-order valence-corrected chi connectivity index (χ3v) is 3.84. The van der Waals surface area contributed by atoms with E-state index in [0.717, 1.165) is 22.3 Å². The molecule has 0 spiro atoms. The highest BCUT2D eigenvalue weighted by molar-refractivity contribution is 8.06. The van der Waals surface area contributed by atoms with Crippen LogP contribution in [-0.4, -0.2) is 15.4 Å². The molecular weight excluding hydrogens is 306 g/mol. The lowest BCUT2D eigenvalue weighted by atomic mass is 10.3. The van der Waals surface area contributed by atoms with E-state index in [0.29, 0.717) is 5.02 Å². The minimum absolute atomic E-state index is 0.652. The summed E-state index contributed by atoms with van der Waals surface area (Å²) in [5, 5.41) is 2.52. The number of aryl methyl sites for hydroxylation is 1. The molecule has 3 rings (SSSR count). The van der Waals surface area contributed by atoms with Gasteiger partial charge < -0.3 is 4.74 Å². The van der Waals surface area contributed by atoms with Crippen molar-refractivity contribution in [2.24, 2.45) is 4.99 Å². The van der Waals surface area contributed by atoms with Crippen molar-refractivity contribution in [3.05, 3.63) is 70.3 Å². The first-order chi connectivity index (χ1) is 10.2. The van der Waals surface area contributed by atoms with Gasteiger partial charge in [0, 0.05) is 22.8 Å². The van der Waals surface area contributed by atoms with Crippen LogP contribution in [0.2, 0.25) is 5.02 Å². The Morgan fingerprint density at radius 1 is 1.43 bits per heavy atom. The lowest BCUT2D eigenvalue weighted by molar-refractivity contribution is 0.402. The van der Waals surface area contributed by atoms with Crippen LogP contribution in [0.4, 0.5) is 5.69 Å². The number of thioether (sulfide) groups is 1. The van der Waals surface area contributed by atoms with Gasteiger partial charge in [-0.2, -0.15) is 0 Å². The van der Waals surface area contributed by atoms with Gasteiger partial charge in [0.15, 0.2) is 5.84 Å². The van der Waals surface area contributed by atoms with Crippen molar-refractivity contribution in [1.29, 1.82) is 0 Å². The summed E-state index contributed by atoms with van der Waals surface area (Å²) in [5.74, 6) is 1.61. The van der Waals surface area contributed by atoms with Gasteiger partial charge in [-0.25, -0.2) is 9.98 Å². The number of aromatic nitrogens is 2. The van der Waals surface area contributed by atoms with Gasteiger partial charge >= 0.3 is 0 Å². The average Bonchev–Trinajstić information content (AvgIpc) is 2.92. The van der Waals surface area contributed by atoms with Crippen LogP contribution in [0.15, 0.2) is 64.5 Å². The molecule has 0 radical (unpaired) electrons. The predicted molar refractivity (Wildman–Crippen MR) is 86.8 cm³/mol. The van der Waals surface area contributed by atoms with Gasteiger partial charge in [0.05, 0.1) is 16.9 Å². The fourth-order valence-electron chi connectivity index (χ4n) is 1.86. The third kappa shape index (κ3) is 3.20. The number of benzene rings is 1. The van der Waals surface area contributed by atoms with Crippen molar-refractivity contribution < 1.29 is 4.74 Å². The molecule has 0 saturated carbocycles. The van der Waals surface area contributed by atoms with E-state index in [2.05, 4.69) is 4.98 Å². The largest absolute Gasteiger partial charge is 0.471 e. The Labute approximate surface area is 131 Å². The van der Waals surface area contributed by atoms with Crippen LogP contribution in [0.3, 0.4) is 0 Å². The van der Waals surface area contributed by atoms with Crippen LogP contribution in [0.25, 0.3) is 0 Å². The Hall–Kier alpha value is -1.98. The molecule has 21 heavy (non-hydrogen) atoms. The number of nitrogens with zero attached hydrogens (tertiary/aromatic N) is 3. The zero-order valence-electron chi connectivity index (χ0n) is 11.2. The van der Waals surface area contributed by atoms with Crippen LogP contribution in [-0.2, 0) is 4.74 Å². The van der Waals surface area contributed by atoms with Crippen molar-refractivity contribution in [3.8, 4) is 0 Å². The number of allylic oxidation sites excluding steroid dienone is 1. The fraction of sp³-hybridized carbons (Fsp3) is 0.0667. The number of halogens is 1. The molecule has 0 bridgehead atoms. The zero-order valence-corrected chi connectivity index (χ0v) is 12.8. The van der Waals surface area contributed by atoms with Gasteiger partial charge in [-0.05, 0) is 25.1 Å². The first-order valence-electron chi connectivity index (χ1n) is 6.26. The highest BCUT2D eigenvalue weighted by Gasteiger charge is 2.14. The number of hydrogen-bond acceptors (Lipinski definition) is 4. The van der Waals surface area contributed by atoms with Gasteiger partial charge in [-0.3, -0.25) is 4.57 Å². The van der Waals surface area contributed by atoms with E-state index in [-0.39, 0.29) is 0 Å². The van der Waals surface area contributed by atoms with E-state index in [9.17, 15) is 0 Å². The van der Waals surface area contributed by atoms with Gasteiger partial charge in [0.1, 0.15) is 12.1 Å². The van der Waals surface area contributed by atoms with E-state index in [1.807, 2.05) is 47.4 Å². The molecule has 1 aliphatic rings. The lowest BCUT2D eigenvalue weighted by Gasteiger charge is -2.13. The van der Waals surface area contributed by atoms with Crippen molar-refractivity contribution >= 4 is 34.9 Å². The highest BCUT2D eigenvalue weighted by Crippen LogP contribution is 2.27. The number of aliphatic imine (C=N–C) groups is 1. The van der Waals surface area contributed by atoms with E-state index < -0.39 is 0 Å². The van der Waals surface area contributed by atoms with Crippen molar-refractivity contribution in [1.82, 2.24) is 9.55 Å². The van der Waals surface area contributed by atoms with E-state index in [1.54, 1.807) is 30.5 Å².